The Bertz CT molecular complexity index is 419. The number of ether oxygens (including phenoxy) is 1. The van der Waals surface area contributed by atoms with Crippen molar-refractivity contribution >= 4 is 0 Å². The molecule has 1 aliphatic rings. The molecule has 1 aromatic rings. The third kappa shape index (κ3) is 2.52. The molecule has 3 unspecified atom stereocenters. The van der Waals surface area contributed by atoms with Gasteiger partial charge in [-0.3, -0.25) is 0 Å². The second kappa shape index (κ2) is 4.90. The van der Waals surface area contributed by atoms with Crippen molar-refractivity contribution in [2.75, 3.05) is 7.05 Å². The number of nitrogens with one attached hydrogen (secondary N) is 1. The van der Waals surface area contributed by atoms with E-state index in [4.69, 9.17) is 4.74 Å². The first kappa shape index (κ1) is 13.4. The lowest BCUT2D eigenvalue weighted by atomic mass is 10.1. The minimum absolute atomic E-state index is 0.175. The highest BCUT2D eigenvalue weighted by molar-refractivity contribution is 5.36. The fourth-order valence-electron chi connectivity index (χ4n) is 2.37. The van der Waals surface area contributed by atoms with Gasteiger partial charge in [-0.25, -0.2) is 0 Å². The predicted octanol–water partition coefficient (Wildman–Crippen LogP) is 2.84. The van der Waals surface area contributed by atoms with Crippen LogP contribution in [0, 0.1) is 0 Å². The van der Waals surface area contributed by atoms with Crippen molar-refractivity contribution < 1.29 is 17.9 Å². The predicted molar refractivity (Wildman–Crippen MR) is 62.3 cm³/mol. The number of hydrogen-bond donors (Lipinski definition) is 1. The molecule has 0 aromatic heterocycles. The van der Waals surface area contributed by atoms with Crippen molar-refractivity contribution in [3.63, 3.8) is 0 Å². The second-order valence-electron chi connectivity index (χ2n) is 4.53. The molecule has 1 N–H and O–H groups in total. The zero-order valence-corrected chi connectivity index (χ0v) is 10.3. The van der Waals surface area contributed by atoms with Gasteiger partial charge in [0.25, 0.3) is 0 Å². The molecule has 1 aromatic carbocycles. The number of benzene rings is 1. The van der Waals surface area contributed by atoms with Crippen LogP contribution in [0.15, 0.2) is 24.3 Å². The first-order valence-corrected chi connectivity index (χ1v) is 5.90. The van der Waals surface area contributed by atoms with E-state index in [2.05, 4.69) is 5.32 Å². The molecule has 0 bridgehead atoms. The summed E-state index contributed by atoms with van der Waals surface area (Å²) < 4.78 is 42.7. The molecule has 2 rings (SSSR count). The number of fused-ring (bicyclic) bond motifs is 1. The molecule has 0 amide bonds. The van der Waals surface area contributed by atoms with Gasteiger partial charge in [0.05, 0.1) is 12.1 Å². The van der Waals surface area contributed by atoms with Crippen LogP contribution in [0.3, 0.4) is 0 Å². The summed E-state index contributed by atoms with van der Waals surface area (Å²) in [4.78, 5) is 0. The Balaban J connectivity index is 2.13. The average molecular weight is 259 g/mol. The first-order chi connectivity index (χ1) is 8.43. The minimum Gasteiger partial charge on any atom is -0.364 e. The SMILES string of the molecule is CNC1c2ccccc2CC1OC(C)C(F)(F)F. The molecule has 100 valence electrons. The van der Waals surface area contributed by atoms with Gasteiger partial charge in [0, 0.05) is 6.42 Å². The molecule has 3 atom stereocenters. The van der Waals surface area contributed by atoms with Gasteiger partial charge in [-0.15, -0.1) is 0 Å². The largest absolute Gasteiger partial charge is 0.414 e. The maximum atomic E-state index is 12.5. The zero-order valence-electron chi connectivity index (χ0n) is 10.3. The monoisotopic (exact) mass is 259 g/mol. The quantitative estimate of drug-likeness (QED) is 0.901. The van der Waals surface area contributed by atoms with Crippen LogP contribution < -0.4 is 5.32 Å². The summed E-state index contributed by atoms with van der Waals surface area (Å²) in [5.74, 6) is 0. The standard InChI is InChI=1S/C13H16F3NO/c1-8(13(14,15)16)18-11-7-9-5-3-4-6-10(9)12(11)17-2/h3-6,8,11-12,17H,7H2,1-2H3. The van der Waals surface area contributed by atoms with Crippen molar-refractivity contribution in [1.29, 1.82) is 0 Å². The first-order valence-electron chi connectivity index (χ1n) is 5.90. The van der Waals surface area contributed by atoms with Gasteiger partial charge < -0.3 is 10.1 Å². The van der Waals surface area contributed by atoms with Crippen LogP contribution in [0.2, 0.25) is 0 Å². The Morgan fingerprint density at radius 1 is 1.33 bits per heavy atom. The normalized spacial score (nSPS) is 24.9. The van der Waals surface area contributed by atoms with Gasteiger partial charge in [-0.2, -0.15) is 13.2 Å². The van der Waals surface area contributed by atoms with Crippen molar-refractivity contribution in [3.8, 4) is 0 Å². The van der Waals surface area contributed by atoms with Crippen LogP contribution >= 0.6 is 0 Å². The lowest BCUT2D eigenvalue weighted by Gasteiger charge is -2.25. The van der Waals surface area contributed by atoms with Crippen LogP contribution in [-0.2, 0) is 11.2 Å². The summed E-state index contributed by atoms with van der Waals surface area (Å²) in [6.07, 6.45) is -6.01. The van der Waals surface area contributed by atoms with Gasteiger partial charge in [-0.1, -0.05) is 24.3 Å². The fraction of sp³-hybridized carbons (Fsp3) is 0.538. The Morgan fingerprint density at radius 3 is 2.61 bits per heavy atom. The van der Waals surface area contributed by atoms with Crippen molar-refractivity contribution in [1.82, 2.24) is 5.32 Å². The van der Waals surface area contributed by atoms with Crippen molar-refractivity contribution in [3.05, 3.63) is 35.4 Å². The van der Waals surface area contributed by atoms with Gasteiger partial charge in [0.2, 0.25) is 0 Å². The second-order valence-corrected chi connectivity index (χ2v) is 4.53. The highest BCUT2D eigenvalue weighted by Crippen LogP contribution is 2.35. The van der Waals surface area contributed by atoms with E-state index in [9.17, 15) is 13.2 Å². The van der Waals surface area contributed by atoms with Crippen LogP contribution in [0.4, 0.5) is 13.2 Å². The highest BCUT2D eigenvalue weighted by Gasteiger charge is 2.41. The van der Waals surface area contributed by atoms with Gasteiger partial charge in [0.1, 0.15) is 0 Å². The third-order valence-corrected chi connectivity index (χ3v) is 3.33. The third-order valence-electron chi connectivity index (χ3n) is 3.33. The summed E-state index contributed by atoms with van der Waals surface area (Å²) in [5.41, 5.74) is 2.08. The number of alkyl halides is 3. The van der Waals surface area contributed by atoms with Crippen molar-refractivity contribution in [2.45, 2.75) is 37.8 Å². The summed E-state index contributed by atoms with van der Waals surface area (Å²) in [6.45, 7) is 1.05. The van der Waals surface area contributed by atoms with E-state index in [1.165, 1.54) is 0 Å². The van der Waals surface area contributed by atoms with Gasteiger partial charge in [-0.05, 0) is 25.1 Å². The zero-order chi connectivity index (χ0) is 13.3. The Labute approximate surface area is 104 Å². The van der Waals surface area contributed by atoms with Gasteiger partial charge >= 0.3 is 6.18 Å². The highest BCUT2D eigenvalue weighted by atomic mass is 19.4. The van der Waals surface area contributed by atoms with Gasteiger partial charge in [0.15, 0.2) is 6.10 Å². The molecule has 0 fully saturated rings. The topological polar surface area (TPSA) is 21.3 Å². The summed E-state index contributed by atoms with van der Waals surface area (Å²) in [6, 6.07) is 7.46. The minimum atomic E-state index is -4.31. The maximum absolute atomic E-state index is 12.5. The summed E-state index contributed by atoms with van der Waals surface area (Å²) in [7, 11) is 1.74. The molecule has 0 spiro atoms. The molecule has 0 heterocycles. The van der Waals surface area contributed by atoms with E-state index in [1.807, 2.05) is 24.3 Å². The molecule has 2 nitrogen and oxygen atoms in total. The van der Waals surface area contributed by atoms with Crippen LogP contribution in [0.5, 0.6) is 0 Å². The molecule has 0 aliphatic heterocycles. The Morgan fingerprint density at radius 2 is 2.00 bits per heavy atom. The number of halogens is 3. The lowest BCUT2D eigenvalue weighted by molar-refractivity contribution is -0.228. The Kier molecular flexibility index (Phi) is 3.64. The van der Waals surface area contributed by atoms with E-state index in [-0.39, 0.29) is 6.04 Å². The van der Waals surface area contributed by atoms with E-state index < -0.39 is 18.4 Å². The molecular weight excluding hydrogens is 243 g/mol. The van der Waals surface area contributed by atoms with E-state index in [0.29, 0.717) is 6.42 Å². The fourth-order valence-corrected chi connectivity index (χ4v) is 2.37. The molecule has 0 saturated heterocycles. The van der Waals surface area contributed by atoms with E-state index >= 15 is 0 Å². The summed E-state index contributed by atoms with van der Waals surface area (Å²) in [5, 5.41) is 3.03. The molecule has 0 radical (unpaired) electrons. The number of rotatable bonds is 3. The average Bonchev–Trinajstić information content (AvgIpc) is 2.64. The Hall–Kier alpha value is -1.07. The van der Waals surface area contributed by atoms with E-state index in [0.717, 1.165) is 18.1 Å². The summed E-state index contributed by atoms with van der Waals surface area (Å²) >= 11 is 0. The van der Waals surface area contributed by atoms with E-state index in [1.54, 1.807) is 7.05 Å². The molecule has 0 saturated carbocycles. The van der Waals surface area contributed by atoms with Crippen molar-refractivity contribution in [2.24, 2.45) is 0 Å². The smallest absolute Gasteiger partial charge is 0.364 e. The van der Waals surface area contributed by atoms with Crippen LogP contribution in [0.25, 0.3) is 0 Å². The van der Waals surface area contributed by atoms with Crippen LogP contribution in [-0.4, -0.2) is 25.4 Å². The number of hydrogen-bond acceptors (Lipinski definition) is 2. The lowest BCUT2D eigenvalue weighted by Crippen LogP contribution is -2.37. The molecular formula is C13H16F3NO. The van der Waals surface area contributed by atoms with Crippen LogP contribution in [0.1, 0.15) is 24.1 Å². The number of likely N-dealkylation sites (N-methyl/N-ethyl adjacent to an activating group) is 1. The molecule has 5 heteroatoms. The maximum Gasteiger partial charge on any atom is 0.414 e. The molecule has 18 heavy (non-hydrogen) atoms. The molecule has 1 aliphatic carbocycles.